The van der Waals surface area contributed by atoms with Crippen molar-refractivity contribution in [2.45, 2.75) is 26.4 Å². The zero-order chi connectivity index (χ0) is 13.0. The van der Waals surface area contributed by atoms with Crippen LogP contribution in [0.5, 0.6) is 5.88 Å². The van der Waals surface area contributed by atoms with Gasteiger partial charge in [0, 0.05) is 26.2 Å². The zero-order valence-corrected chi connectivity index (χ0v) is 11.7. The molecule has 0 bridgehead atoms. The summed E-state index contributed by atoms with van der Waals surface area (Å²) in [5.74, 6) is 0.840. The largest absolute Gasteiger partial charge is 0.481 e. The molecule has 0 aliphatic rings. The van der Waals surface area contributed by atoms with Crippen LogP contribution in [0.2, 0.25) is 0 Å². The quantitative estimate of drug-likeness (QED) is 0.798. The molecule has 1 aromatic rings. The predicted octanol–water partition coefficient (Wildman–Crippen LogP) is 0.777. The van der Waals surface area contributed by atoms with Gasteiger partial charge in [-0.25, -0.2) is 4.68 Å². The van der Waals surface area contributed by atoms with E-state index in [0.717, 1.165) is 30.2 Å². The van der Waals surface area contributed by atoms with Crippen LogP contribution in [0.1, 0.15) is 18.2 Å². The van der Waals surface area contributed by atoms with E-state index in [1.807, 2.05) is 14.0 Å². The molecule has 5 heteroatoms. The first-order chi connectivity index (χ1) is 7.97. The average Bonchev–Trinajstić information content (AvgIpc) is 2.53. The van der Waals surface area contributed by atoms with Crippen molar-refractivity contribution in [3.8, 4) is 5.88 Å². The van der Waals surface area contributed by atoms with Gasteiger partial charge in [0.25, 0.3) is 0 Å². The number of hydrogen-bond donors (Lipinski definition) is 1. The van der Waals surface area contributed by atoms with E-state index in [9.17, 15) is 0 Å². The van der Waals surface area contributed by atoms with Crippen LogP contribution in [-0.2, 0) is 13.6 Å². The lowest BCUT2D eigenvalue weighted by atomic mass is 10.2. The van der Waals surface area contributed by atoms with Gasteiger partial charge in [-0.2, -0.15) is 5.10 Å². The van der Waals surface area contributed by atoms with E-state index >= 15 is 0 Å². The molecule has 1 rings (SSSR count). The lowest BCUT2D eigenvalue weighted by Crippen LogP contribution is -2.35. The van der Waals surface area contributed by atoms with Crippen molar-refractivity contribution in [3.63, 3.8) is 0 Å². The lowest BCUT2D eigenvalue weighted by Gasteiger charge is -2.20. The minimum absolute atomic E-state index is 0.512. The van der Waals surface area contributed by atoms with Gasteiger partial charge < -0.3 is 15.0 Å². The van der Waals surface area contributed by atoms with Gasteiger partial charge in [0.05, 0.1) is 18.4 Å². The Morgan fingerprint density at radius 2 is 2.12 bits per heavy atom. The summed E-state index contributed by atoms with van der Waals surface area (Å²) >= 11 is 0. The maximum absolute atomic E-state index is 5.35. The first-order valence-electron chi connectivity index (χ1n) is 5.91. The maximum atomic E-state index is 5.35. The Morgan fingerprint density at radius 1 is 1.47 bits per heavy atom. The van der Waals surface area contributed by atoms with Crippen molar-refractivity contribution >= 4 is 0 Å². The molecule has 0 aromatic carbocycles. The van der Waals surface area contributed by atoms with E-state index in [1.165, 1.54) is 0 Å². The minimum Gasteiger partial charge on any atom is -0.481 e. The molecule has 0 saturated heterocycles. The number of nitrogens with zero attached hydrogens (tertiary/aromatic N) is 3. The Kier molecular flexibility index (Phi) is 4.96. The van der Waals surface area contributed by atoms with E-state index in [0.29, 0.717) is 6.04 Å². The topological polar surface area (TPSA) is 42.3 Å². The molecule has 17 heavy (non-hydrogen) atoms. The number of aromatic nitrogens is 2. The number of ether oxygens (including phenoxy) is 1. The van der Waals surface area contributed by atoms with Crippen molar-refractivity contribution in [3.05, 3.63) is 11.3 Å². The first kappa shape index (κ1) is 14.0. The Labute approximate surface area is 104 Å². The van der Waals surface area contributed by atoms with Gasteiger partial charge in [-0.15, -0.1) is 0 Å². The highest BCUT2D eigenvalue weighted by Gasteiger charge is 2.13. The second-order valence-corrected chi connectivity index (χ2v) is 4.64. The van der Waals surface area contributed by atoms with Gasteiger partial charge in [-0.1, -0.05) is 0 Å². The van der Waals surface area contributed by atoms with Crippen LogP contribution in [-0.4, -0.2) is 48.5 Å². The summed E-state index contributed by atoms with van der Waals surface area (Å²) in [7, 11) is 7.75. The monoisotopic (exact) mass is 240 g/mol. The van der Waals surface area contributed by atoms with Crippen LogP contribution in [0.4, 0.5) is 0 Å². The van der Waals surface area contributed by atoms with Crippen molar-refractivity contribution < 1.29 is 4.74 Å². The molecule has 1 heterocycles. The summed E-state index contributed by atoms with van der Waals surface area (Å²) in [4.78, 5) is 2.19. The molecule has 1 atom stereocenters. The molecule has 0 amide bonds. The van der Waals surface area contributed by atoms with Crippen molar-refractivity contribution in [2.24, 2.45) is 7.05 Å². The SMILES string of the molecule is COc1c(CNCC(C)N(C)C)c(C)nn1C. The number of rotatable bonds is 6. The molecule has 0 saturated carbocycles. The van der Waals surface area contributed by atoms with E-state index in [1.54, 1.807) is 11.8 Å². The van der Waals surface area contributed by atoms with Gasteiger partial charge in [-0.3, -0.25) is 0 Å². The van der Waals surface area contributed by atoms with Gasteiger partial charge in [-0.05, 0) is 27.9 Å². The molecule has 1 N–H and O–H groups in total. The van der Waals surface area contributed by atoms with E-state index < -0.39 is 0 Å². The highest BCUT2D eigenvalue weighted by molar-refractivity contribution is 5.30. The minimum atomic E-state index is 0.512. The lowest BCUT2D eigenvalue weighted by molar-refractivity contribution is 0.301. The van der Waals surface area contributed by atoms with Crippen molar-refractivity contribution in [1.29, 1.82) is 0 Å². The van der Waals surface area contributed by atoms with E-state index in [-0.39, 0.29) is 0 Å². The molecule has 5 nitrogen and oxygen atoms in total. The molecule has 0 radical (unpaired) electrons. The molecule has 0 spiro atoms. The summed E-state index contributed by atoms with van der Waals surface area (Å²) < 4.78 is 7.13. The van der Waals surface area contributed by atoms with E-state index in [4.69, 9.17) is 4.74 Å². The van der Waals surface area contributed by atoms with Crippen molar-refractivity contribution in [1.82, 2.24) is 20.0 Å². The van der Waals surface area contributed by atoms with Crippen LogP contribution in [0.25, 0.3) is 0 Å². The molecule has 1 aromatic heterocycles. The van der Waals surface area contributed by atoms with Crippen LogP contribution in [0.3, 0.4) is 0 Å². The molecule has 98 valence electrons. The number of methoxy groups -OCH3 is 1. The Balaban J connectivity index is 2.57. The standard InChI is InChI=1S/C12H24N4O/c1-9(15(3)4)7-13-8-11-10(2)14-16(5)12(11)17-6/h9,13H,7-8H2,1-6H3. The fourth-order valence-corrected chi connectivity index (χ4v) is 1.73. The fraction of sp³-hybridized carbons (Fsp3) is 0.750. The summed E-state index contributed by atoms with van der Waals surface area (Å²) in [5.41, 5.74) is 2.16. The van der Waals surface area contributed by atoms with Crippen LogP contribution >= 0.6 is 0 Å². The third kappa shape index (κ3) is 3.44. The van der Waals surface area contributed by atoms with Gasteiger partial charge in [0.2, 0.25) is 5.88 Å². The third-order valence-corrected chi connectivity index (χ3v) is 3.11. The molecule has 0 aliphatic carbocycles. The average molecular weight is 240 g/mol. The molecular formula is C12H24N4O. The number of nitrogens with one attached hydrogen (secondary N) is 1. The van der Waals surface area contributed by atoms with E-state index in [2.05, 4.69) is 36.3 Å². The van der Waals surface area contributed by atoms with Crippen LogP contribution in [0, 0.1) is 6.92 Å². The number of hydrogen-bond acceptors (Lipinski definition) is 4. The second kappa shape index (κ2) is 6.02. The highest BCUT2D eigenvalue weighted by atomic mass is 16.5. The third-order valence-electron chi connectivity index (χ3n) is 3.11. The summed E-state index contributed by atoms with van der Waals surface area (Å²) in [6.45, 7) is 5.95. The smallest absolute Gasteiger partial charge is 0.216 e. The second-order valence-electron chi connectivity index (χ2n) is 4.64. The van der Waals surface area contributed by atoms with Crippen molar-refractivity contribution in [2.75, 3.05) is 27.7 Å². The highest BCUT2D eigenvalue weighted by Crippen LogP contribution is 2.20. The first-order valence-corrected chi connectivity index (χ1v) is 5.91. The number of likely N-dealkylation sites (N-methyl/N-ethyl adjacent to an activating group) is 1. The van der Waals surface area contributed by atoms with Crippen LogP contribution in [0.15, 0.2) is 0 Å². The zero-order valence-electron chi connectivity index (χ0n) is 11.7. The Bertz CT molecular complexity index is 360. The van der Waals surface area contributed by atoms with Gasteiger partial charge in [0.15, 0.2) is 0 Å². The molecule has 0 fully saturated rings. The summed E-state index contributed by atoms with van der Waals surface area (Å²) in [5, 5.41) is 7.79. The Morgan fingerprint density at radius 3 is 2.65 bits per heavy atom. The molecule has 0 aliphatic heterocycles. The predicted molar refractivity (Wildman–Crippen MR) is 69.4 cm³/mol. The van der Waals surface area contributed by atoms with Gasteiger partial charge >= 0.3 is 0 Å². The Hall–Kier alpha value is -1.07. The van der Waals surface area contributed by atoms with Gasteiger partial charge in [0.1, 0.15) is 0 Å². The molecule has 1 unspecified atom stereocenters. The summed E-state index contributed by atoms with van der Waals surface area (Å²) in [6.07, 6.45) is 0. The fourth-order valence-electron chi connectivity index (χ4n) is 1.73. The molecular weight excluding hydrogens is 216 g/mol. The number of aryl methyl sites for hydroxylation is 2. The maximum Gasteiger partial charge on any atom is 0.216 e. The normalized spacial score (nSPS) is 13.1. The summed E-state index contributed by atoms with van der Waals surface area (Å²) in [6, 6.07) is 0.512. The van der Waals surface area contributed by atoms with Crippen LogP contribution < -0.4 is 10.1 Å².